The second kappa shape index (κ2) is 7.60. The van der Waals surface area contributed by atoms with Gasteiger partial charge >= 0.3 is 6.03 Å². The molecule has 138 valence electrons. The van der Waals surface area contributed by atoms with Crippen LogP contribution in [0.25, 0.3) is 0 Å². The van der Waals surface area contributed by atoms with Gasteiger partial charge in [0.25, 0.3) is 5.91 Å². The number of amides is 4. The van der Waals surface area contributed by atoms with Gasteiger partial charge in [-0.3, -0.25) is 19.9 Å². The zero-order valence-corrected chi connectivity index (χ0v) is 13.9. The van der Waals surface area contributed by atoms with Crippen molar-refractivity contribution in [3.05, 3.63) is 48.5 Å². The van der Waals surface area contributed by atoms with Gasteiger partial charge in [0.05, 0.1) is 24.0 Å². The number of aliphatic imine (C=N–C) groups is 1. The lowest BCUT2D eigenvalue weighted by Crippen LogP contribution is -2.58. The lowest BCUT2D eigenvalue weighted by molar-refractivity contribution is -0.307. The molecule has 3 rings (SSSR count). The molecular weight excluding hydrogens is 354 g/mol. The van der Waals surface area contributed by atoms with Gasteiger partial charge in [-0.25, -0.2) is 14.7 Å². The number of carbonyl (C=O) groups is 4. The van der Waals surface area contributed by atoms with Crippen molar-refractivity contribution in [2.45, 2.75) is 12.5 Å². The molecule has 1 saturated heterocycles. The van der Waals surface area contributed by atoms with Crippen molar-refractivity contribution in [2.24, 2.45) is 10.9 Å². The monoisotopic (exact) mass is 368 g/mol. The molecule has 4 amide bonds. The summed E-state index contributed by atoms with van der Waals surface area (Å²) in [5, 5.41) is 13.4. The minimum Gasteiger partial charge on any atom is -0.548 e. The van der Waals surface area contributed by atoms with Crippen LogP contribution in [0.1, 0.15) is 5.69 Å². The molecule has 1 aliphatic rings. The van der Waals surface area contributed by atoms with Gasteiger partial charge in [-0.05, 0) is 12.1 Å². The van der Waals surface area contributed by atoms with Crippen LogP contribution in [-0.2, 0) is 20.8 Å². The molecule has 0 bridgehead atoms. The van der Waals surface area contributed by atoms with E-state index in [1.165, 1.54) is 24.7 Å². The van der Waals surface area contributed by atoms with Gasteiger partial charge in [0.2, 0.25) is 5.91 Å². The van der Waals surface area contributed by atoms with Gasteiger partial charge in [0.15, 0.2) is 5.92 Å². The van der Waals surface area contributed by atoms with Gasteiger partial charge in [-0.15, -0.1) is 0 Å². The van der Waals surface area contributed by atoms with Crippen LogP contribution in [0.15, 0.2) is 47.8 Å². The Balaban J connectivity index is 1.82. The highest BCUT2D eigenvalue weighted by molar-refractivity contribution is 6.32. The maximum atomic E-state index is 12.6. The number of aromatic amines is 1. The number of anilines is 1. The first-order chi connectivity index (χ1) is 13.0. The zero-order valence-electron chi connectivity index (χ0n) is 13.9. The van der Waals surface area contributed by atoms with Crippen molar-refractivity contribution >= 4 is 35.7 Å². The standard InChI is InChI=1S/C17H15N5O5/c23-14-12(8-19-13(16(25)26)6-10-7-18-9-20-10)15(24)22(17(27)21-14)11-4-2-1-3-5-11/h1-5,7-9,12-13H,6H2,(H,18,20)(H,25,26)(H,21,23,27)/p-1/t12-,13-/m1/s1. The highest BCUT2D eigenvalue weighted by atomic mass is 16.4. The molecule has 2 atom stereocenters. The molecule has 27 heavy (non-hydrogen) atoms. The third kappa shape index (κ3) is 3.89. The number of imide groups is 2. The van der Waals surface area contributed by atoms with Crippen molar-refractivity contribution in [2.75, 3.05) is 4.90 Å². The fraction of sp³-hybridized carbons (Fsp3) is 0.176. The average molecular weight is 368 g/mol. The number of carboxylic acids is 1. The number of hydrogen-bond donors (Lipinski definition) is 2. The number of hydrogen-bond acceptors (Lipinski definition) is 7. The Morgan fingerprint density at radius 1 is 1.30 bits per heavy atom. The normalized spacial score (nSPS) is 18.6. The largest absolute Gasteiger partial charge is 0.548 e. The number of aromatic nitrogens is 2. The number of carbonyl (C=O) groups excluding carboxylic acids is 4. The number of para-hydroxylation sites is 1. The Hall–Kier alpha value is -3.82. The van der Waals surface area contributed by atoms with Gasteiger partial charge in [-0.2, -0.15) is 0 Å². The molecule has 2 N–H and O–H groups in total. The first-order valence-corrected chi connectivity index (χ1v) is 7.92. The molecule has 1 aromatic carbocycles. The maximum Gasteiger partial charge on any atom is 0.335 e. The number of nitrogens with zero attached hydrogens (tertiary/aromatic N) is 3. The van der Waals surface area contributed by atoms with E-state index >= 15 is 0 Å². The number of H-pyrrole nitrogens is 1. The summed E-state index contributed by atoms with van der Waals surface area (Å²) in [5.41, 5.74) is 0.779. The smallest absolute Gasteiger partial charge is 0.335 e. The van der Waals surface area contributed by atoms with Crippen LogP contribution in [0.4, 0.5) is 10.5 Å². The van der Waals surface area contributed by atoms with E-state index in [0.717, 1.165) is 11.1 Å². The van der Waals surface area contributed by atoms with E-state index in [4.69, 9.17) is 0 Å². The molecule has 1 fully saturated rings. The number of rotatable bonds is 6. The number of imidazole rings is 1. The number of barbiturate groups is 1. The molecule has 1 aliphatic heterocycles. The van der Waals surface area contributed by atoms with Crippen molar-refractivity contribution in [3.63, 3.8) is 0 Å². The van der Waals surface area contributed by atoms with E-state index in [-0.39, 0.29) is 12.1 Å². The fourth-order valence-electron chi connectivity index (χ4n) is 2.53. The first-order valence-electron chi connectivity index (χ1n) is 7.92. The molecule has 10 heteroatoms. The van der Waals surface area contributed by atoms with E-state index in [1.807, 2.05) is 0 Å². The third-order valence-electron chi connectivity index (χ3n) is 3.87. The molecule has 1 aromatic heterocycles. The number of urea groups is 1. The van der Waals surface area contributed by atoms with Crippen LogP contribution in [0.5, 0.6) is 0 Å². The minimum absolute atomic E-state index is 0.0529. The number of benzene rings is 1. The van der Waals surface area contributed by atoms with Gasteiger partial charge in [0, 0.05) is 24.5 Å². The van der Waals surface area contributed by atoms with Crippen molar-refractivity contribution in [1.82, 2.24) is 15.3 Å². The quantitative estimate of drug-likeness (QED) is 0.496. The number of carboxylic acid groups (broad SMARTS) is 1. The summed E-state index contributed by atoms with van der Waals surface area (Å²) in [6.45, 7) is 0. The SMILES string of the molecule is O=C1NC(=O)N(c2ccccc2)C(=O)[C@@H]1C=N[C@H](Cc1cnc[nH]1)C(=O)[O-]. The van der Waals surface area contributed by atoms with E-state index in [9.17, 15) is 24.3 Å². The zero-order chi connectivity index (χ0) is 19.4. The summed E-state index contributed by atoms with van der Waals surface area (Å²) in [4.78, 5) is 59.1. The van der Waals surface area contributed by atoms with Crippen molar-refractivity contribution in [1.29, 1.82) is 0 Å². The summed E-state index contributed by atoms with van der Waals surface area (Å²) >= 11 is 0. The van der Waals surface area contributed by atoms with Crippen LogP contribution in [0, 0.1) is 5.92 Å². The van der Waals surface area contributed by atoms with E-state index in [2.05, 4.69) is 20.3 Å². The number of aliphatic carboxylic acids is 1. The Labute approximate surface area is 152 Å². The predicted molar refractivity (Wildman–Crippen MR) is 90.5 cm³/mol. The van der Waals surface area contributed by atoms with Crippen LogP contribution in [0.3, 0.4) is 0 Å². The maximum absolute atomic E-state index is 12.6. The second-order valence-electron chi connectivity index (χ2n) is 5.70. The molecule has 2 heterocycles. The molecule has 0 radical (unpaired) electrons. The van der Waals surface area contributed by atoms with Gasteiger partial charge in [-0.1, -0.05) is 18.2 Å². The minimum atomic E-state index is -1.47. The van der Waals surface area contributed by atoms with Crippen LogP contribution >= 0.6 is 0 Å². The molecule has 2 aromatic rings. The van der Waals surface area contributed by atoms with Crippen LogP contribution in [0.2, 0.25) is 0 Å². The highest BCUT2D eigenvalue weighted by Gasteiger charge is 2.40. The Morgan fingerprint density at radius 3 is 2.67 bits per heavy atom. The summed E-state index contributed by atoms with van der Waals surface area (Å²) in [7, 11) is 0. The lowest BCUT2D eigenvalue weighted by atomic mass is 10.1. The van der Waals surface area contributed by atoms with Gasteiger partial charge in [0.1, 0.15) is 0 Å². The topological polar surface area (TPSA) is 148 Å². The lowest BCUT2D eigenvalue weighted by Gasteiger charge is -2.28. The summed E-state index contributed by atoms with van der Waals surface area (Å²) in [5.74, 6) is -4.61. The summed E-state index contributed by atoms with van der Waals surface area (Å²) in [6.07, 6.45) is 3.69. The van der Waals surface area contributed by atoms with Crippen molar-refractivity contribution in [3.8, 4) is 0 Å². The Bertz CT molecular complexity index is 894. The second-order valence-corrected chi connectivity index (χ2v) is 5.70. The molecule has 10 nitrogen and oxygen atoms in total. The van der Waals surface area contributed by atoms with E-state index in [1.54, 1.807) is 18.2 Å². The Kier molecular flexibility index (Phi) is 5.06. The Morgan fingerprint density at radius 2 is 2.04 bits per heavy atom. The molecular formula is C17H14N5O5-. The third-order valence-corrected chi connectivity index (χ3v) is 3.87. The van der Waals surface area contributed by atoms with Crippen LogP contribution in [-0.4, -0.2) is 46.0 Å². The summed E-state index contributed by atoms with van der Waals surface area (Å²) in [6, 6.07) is 5.83. The summed E-state index contributed by atoms with van der Waals surface area (Å²) < 4.78 is 0. The van der Waals surface area contributed by atoms with Crippen molar-refractivity contribution < 1.29 is 24.3 Å². The molecule has 0 unspecified atom stereocenters. The first kappa shape index (κ1) is 18.0. The predicted octanol–water partition coefficient (Wildman–Crippen LogP) is -0.959. The number of nitrogens with one attached hydrogen (secondary N) is 2. The average Bonchev–Trinajstić information content (AvgIpc) is 3.14. The molecule has 0 spiro atoms. The fourth-order valence-corrected chi connectivity index (χ4v) is 2.53. The highest BCUT2D eigenvalue weighted by Crippen LogP contribution is 2.19. The van der Waals surface area contributed by atoms with E-state index < -0.39 is 35.8 Å². The van der Waals surface area contributed by atoms with E-state index in [0.29, 0.717) is 5.69 Å². The van der Waals surface area contributed by atoms with Gasteiger partial charge < -0.3 is 14.9 Å². The van der Waals surface area contributed by atoms with Crippen LogP contribution < -0.4 is 15.3 Å². The molecule has 0 aliphatic carbocycles. The molecule has 0 saturated carbocycles.